The number of aromatic nitrogens is 4. The normalized spacial score (nSPS) is 21.9. The highest BCUT2D eigenvalue weighted by Gasteiger charge is 2.38. The van der Waals surface area contributed by atoms with Gasteiger partial charge in [0.2, 0.25) is 11.8 Å². The number of halogens is 1. The molecule has 5 rings (SSSR count). The van der Waals surface area contributed by atoms with Crippen molar-refractivity contribution in [3.05, 3.63) is 41.5 Å². The molecule has 9 nitrogen and oxygen atoms in total. The lowest BCUT2D eigenvalue weighted by Crippen LogP contribution is -2.53. The Labute approximate surface area is 173 Å². The first kappa shape index (κ1) is 19.1. The first-order valence-corrected chi connectivity index (χ1v) is 10.5. The van der Waals surface area contributed by atoms with E-state index in [0.717, 1.165) is 38.3 Å². The summed E-state index contributed by atoms with van der Waals surface area (Å²) in [4.78, 5) is 33.1. The molecule has 0 aromatic carbocycles. The molecule has 2 aromatic rings. The quantitative estimate of drug-likeness (QED) is 0.754. The third-order valence-corrected chi connectivity index (χ3v) is 6.33. The summed E-state index contributed by atoms with van der Waals surface area (Å²) in [6.45, 7) is 3.09. The monoisotopic (exact) mass is 413 g/mol. The summed E-state index contributed by atoms with van der Waals surface area (Å²) in [5, 5.41) is 11.6. The maximum absolute atomic E-state index is 13.4. The molecule has 1 atom stereocenters. The van der Waals surface area contributed by atoms with Crippen LogP contribution in [0.2, 0.25) is 0 Å². The van der Waals surface area contributed by atoms with Gasteiger partial charge in [0, 0.05) is 56.6 Å². The van der Waals surface area contributed by atoms with Crippen LogP contribution >= 0.6 is 0 Å². The lowest BCUT2D eigenvalue weighted by molar-refractivity contribution is 0.0372. The highest BCUT2D eigenvalue weighted by Crippen LogP contribution is 2.29. The molecule has 2 amide bonds. The van der Waals surface area contributed by atoms with E-state index in [9.17, 15) is 14.0 Å². The summed E-state index contributed by atoms with van der Waals surface area (Å²) < 4.78 is 15.3. The van der Waals surface area contributed by atoms with Crippen LogP contribution in [-0.4, -0.2) is 73.6 Å². The number of hydrogen-bond donors (Lipinski definition) is 1. The maximum atomic E-state index is 13.4. The maximum Gasteiger partial charge on any atom is 0.289 e. The van der Waals surface area contributed by atoms with Gasteiger partial charge in [-0.15, -0.1) is 10.2 Å². The number of pyridine rings is 1. The molecule has 2 aliphatic heterocycles. The van der Waals surface area contributed by atoms with Crippen LogP contribution in [0, 0.1) is 5.95 Å². The fraction of sp³-hybridized carbons (Fsp3) is 0.550. The minimum absolute atomic E-state index is 0.135. The third kappa shape index (κ3) is 3.45. The second-order valence-corrected chi connectivity index (χ2v) is 8.16. The van der Waals surface area contributed by atoms with E-state index in [-0.39, 0.29) is 29.5 Å². The van der Waals surface area contributed by atoms with Gasteiger partial charge in [-0.05, 0) is 18.9 Å². The number of nitrogens with zero attached hydrogens (tertiary/aromatic N) is 6. The second kappa shape index (κ2) is 7.75. The summed E-state index contributed by atoms with van der Waals surface area (Å²) in [5.41, 5.74) is 0.282. The van der Waals surface area contributed by atoms with Crippen LogP contribution in [0.15, 0.2) is 18.3 Å². The molecule has 10 heteroatoms. The van der Waals surface area contributed by atoms with E-state index < -0.39 is 5.95 Å². The number of piperazine rings is 1. The first-order chi connectivity index (χ1) is 14.6. The Morgan fingerprint density at radius 1 is 1.10 bits per heavy atom. The van der Waals surface area contributed by atoms with Crippen LogP contribution in [0.5, 0.6) is 0 Å². The van der Waals surface area contributed by atoms with Crippen molar-refractivity contribution < 1.29 is 14.0 Å². The average molecular weight is 413 g/mol. The van der Waals surface area contributed by atoms with E-state index in [0.29, 0.717) is 37.8 Å². The van der Waals surface area contributed by atoms with Gasteiger partial charge in [0.15, 0.2) is 5.82 Å². The Morgan fingerprint density at radius 3 is 2.70 bits per heavy atom. The fourth-order valence-electron chi connectivity index (χ4n) is 4.73. The average Bonchev–Trinajstić information content (AvgIpc) is 3.42. The zero-order valence-electron chi connectivity index (χ0n) is 16.6. The highest BCUT2D eigenvalue weighted by atomic mass is 19.1. The molecule has 2 fully saturated rings. The molecule has 1 unspecified atom stereocenters. The molecular formula is C20H24FN7O2. The van der Waals surface area contributed by atoms with Crippen molar-refractivity contribution in [3.63, 3.8) is 0 Å². The van der Waals surface area contributed by atoms with Crippen LogP contribution < -0.4 is 5.32 Å². The zero-order chi connectivity index (χ0) is 20.7. The number of carbonyl (C=O) groups excluding carboxylic acids is 2. The van der Waals surface area contributed by atoms with Crippen molar-refractivity contribution in [2.75, 3.05) is 26.2 Å². The van der Waals surface area contributed by atoms with Crippen LogP contribution in [0.25, 0.3) is 0 Å². The van der Waals surface area contributed by atoms with Crippen LogP contribution in [0.4, 0.5) is 4.39 Å². The van der Waals surface area contributed by atoms with Gasteiger partial charge >= 0.3 is 0 Å². The van der Waals surface area contributed by atoms with E-state index in [1.54, 1.807) is 4.90 Å². The summed E-state index contributed by atoms with van der Waals surface area (Å²) in [7, 11) is 0. The molecular weight excluding hydrogens is 389 g/mol. The van der Waals surface area contributed by atoms with Crippen LogP contribution in [0.3, 0.4) is 0 Å². The van der Waals surface area contributed by atoms with Crippen molar-refractivity contribution >= 4 is 11.8 Å². The largest absolute Gasteiger partial charge is 0.347 e. The van der Waals surface area contributed by atoms with Crippen molar-refractivity contribution in [1.29, 1.82) is 0 Å². The molecule has 0 bridgehead atoms. The van der Waals surface area contributed by atoms with E-state index >= 15 is 0 Å². The molecule has 1 N–H and O–H groups in total. The van der Waals surface area contributed by atoms with Gasteiger partial charge in [-0.1, -0.05) is 12.8 Å². The fourth-order valence-corrected chi connectivity index (χ4v) is 4.73. The lowest BCUT2D eigenvalue weighted by Gasteiger charge is -2.43. The van der Waals surface area contributed by atoms with E-state index in [4.69, 9.17) is 0 Å². The van der Waals surface area contributed by atoms with E-state index in [1.165, 1.54) is 12.3 Å². The topological polar surface area (TPSA) is 96.3 Å². The number of rotatable bonds is 3. The van der Waals surface area contributed by atoms with Gasteiger partial charge in [0.05, 0.1) is 6.04 Å². The Hall–Kier alpha value is -2.88. The highest BCUT2D eigenvalue weighted by molar-refractivity contribution is 5.94. The second-order valence-electron chi connectivity index (χ2n) is 8.16. The molecule has 1 saturated carbocycles. The number of hydrogen-bond acceptors (Lipinski definition) is 6. The number of nitrogens with one attached hydrogen (secondary N) is 1. The molecule has 2 aromatic heterocycles. The number of carbonyl (C=O) groups is 2. The molecule has 3 aliphatic rings. The Morgan fingerprint density at radius 2 is 1.90 bits per heavy atom. The van der Waals surface area contributed by atoms with Crippen molar-refractivity contribution in [1.82, 2.24) is 34.9 Å². The van der Waals surface area contributed by atoms with Gasteiger partial charge in [-0.25, -0.2) is 4.98 Å². The third-order valence-electron chi connectivity index (χ3n) is 6.33. The Kier molecular flexibility index (Phi) is 4.93. The van der Waals surface area contributed by atoms with E-state index in [1.807, 2.05) is 4.57 Å². The van der Waals surface area contributed by atoms with Gasteiger partial charge in [0.25, 0.3) is 11.8 Å². The summed E-state index contributed by atoms with van der Waals surface area (Å²) in [6, 6.07) is 2.76. The number of amides is 2. The minimum Gasteiger partial charge on any atom is -0.347 e. The molecule has 1 aliphatic carbocycles. The lowest BCUT2D eigenvalue weighted by atomic mass is 10.1. The standard InChI is InChI=1S/C20H24FN7O2/c21-16-11-13(5-6-22-16)20(30)27-8-7-26-9-10-28-17(15(26)12-27)24-25-18(28)19(29)23-14-3-1-2-4-14/h5-6,11,14-15H,1-4,7-10,12H2,(H,23,29). The van der Waals surface area contributed by atoms with Crippen LogP contribution in [0.1, 0.15) is 58.5 Å². The SMILES string of the molecule is O=C(NC1CCCC1)c1nnc2n1CCN1CCN(C(=O)c3ccnc(F)c3)CC21. The predicted molar refractivity (Wildman–Crippen MR) is 104 cm³/mol. The smallest absolute Gasteiger partial charge is 0.289 e. The first-order valence-electron chi connectivity index (χ1n) is 10.5. The summed E-state index contributed by atoms with van der Waals surface area (Å²) >= 11 is 0. The molecule has 0 spiro atoms. The number of fused-ring (bicyclic) bond motifs is 3. The summed E-state index contributed by atoms with van der Waals surface area (Å²) in [6.07, 6.45) is 5.60. The Bertz CT molecular complexity index is 972. The molecule has 4 heterocycles. The van der Waals surface area contributed by atoms with Gasteiger partial charge in [-0.2, -0.15) is 4.39 Å². The van der Waals surface area contributed by atoms with Crippen molar-refractivity contribution in [2.45, 2.75) is 44.3 Å². The summed E-state index contributed by atoms with van der Waals surface area (Å²) in [5.74, 6) is -0.0286. The van der Waals surface area contributed by atoms with Gasteiger partial charge in [0.1, 0.15) is 0 Å². The van der Waals surface area contributed by atoms with Crippen LogP contribution in [-0.2, 0) is 6.54 Å². The van der Waals surface area contributed by atoms with Gasteiger partial charge in [-0.3, -0.25) is 14.5 Å². The molecule has 158 valence electrons. The Balaban J connectivity index is 1.34. The van der Waals surface area contributed by atoms with Gasteiger partial charge < -0.3 is 14.8 Å². The molecule has 1 saturated heterocycles. The van der Waals surface area contributed by atoms with Crippen molar-refractivity contribution in [2.24, 2.45) is 0 Å². The van der Waals surface area contributed by atoms with E-state index in [2.05, 4.69) is 25.4 Å². The molecule has 30 heavy (non-hydrogen) atoms. The zero-order valence-corrected chi connectivity index (χ0v) is 16.6. The predicted octanol–water partition coefficient (Wildman–Crippen LogP) is 0.997. The van der Waals surface area contributed by atoms with Crippen molar-refractivity contribution in [3.8, 4) is 0 Å². The molecule has 0 radical (unpaired) electrons. The minimum atomic E-state index is -0.671.